The number of nitrogens with zero attached hydrogens (tertiary/aromatic N) is 1. The average molecular weight is 209 g/mol. The maximum absolute atomic E-state index is 5.64. The minimum Gasteiger partial charge on any atom is -0.382 e. The third-order valence-corrected chi connectivity index (χ3v) is 2.50. The van der Waals surface area contributed by atoms with Gasteiger partial charge >= 0.3 is 0 Å². The first-order chi connectivity index (χ1) is 6.83. The molecule has 0 spiro atoms. The number of benzene rings is 1. The van der Waals surface area contributed by atoms with Crippen molar-refractivity contribution in [3.8, 4) is 0 Å². The van der Waals surface area contributed by atoms with Crippen molar-refractivity contribution < 1.29 is 0 Å². The average Bonchev–Trinajstić information content (AvgIpc) is 2.54. The topological polar surface area (TPSA) is 17.0 Å². The van der Waals surface area contributed by atoms with Gasteiger partial charge in [0.15, 0.2) is 0 Å². The quantitative estimate of drug-likeness (QED) is 0.768. The van der Waals surface area contributed by atoms with Crippen LogP contribution in [-0.2, 0) is 7.05 Å². The van der Waals surface area contributed by atoms with Crippen molar-refractivity contribution in [1.29, 1.82) is 0 Å². The van der Waals surface area contributed by atoms with Gasteiger partial charge in [0.1, 0.15) is 0 Å². The van der Waals surface area contributed by atoms with Crippen molar-refractivity contribution >= 4 is 28.2 Å². The summed E-state index contributed by atoms with van der Waals surface area (Å²) in [5.74, 6) is 0.628. The maximum atomic E-state index is 5.64. The van der Waals surface area contributed by atoms with Gasteiger partial charge in [0.25, 0.3) is 0 Å². The summed E-state index contributed by atoms with van der Waals surface area (Å²) in [4.78, 5) is 0. The number of anilines is 1. The van der Waals surface area contributed by atoms with Crippen molar-refractivity contribution in [1.82, 2.24) is 4.57 Å². The molecule has 0 aliphatic carbocycles. The molecule has 14 heavy (non-hydrogen) atoms. The number of hydrogen-bond acceptors (Lipinski definition) is 1. The van der Waals surface area contributed by atoms with E-state index >= 15 is 0 Å². The fourth-order valence-corrected chi connectivity index (χ4v) is 1.76. The standard InChI is InChI=1S/C11H13ClN2/c1-14-8-10(13-7-6-12)9-4-2-3-5-11(9)14/h2-5,8,13H,6-7H2,1H3. The molecule has 0 atom stereocenters. The summed E-state index contributed by atoms with van der Waals surface area (Å²) < 4.78 is 2.12. The van der Waals surface area contributed by atoms with Crippen LogP contribution in [0.25, 0.3) is 10.9 Å². The summed E-state index contributed by atoms with van der Waals surface area (Å²) in [6, 6.07) is 8.33. The number of para-hydroxylation sites is 1. The fourth-order valence-electron chi connectivity index (χ4n) is 1.66. The van der Waals surface area contributed by atoms with E-state index in [0.717, 1.165) is 12.2 Å². The van der Waals surface area contributed by atoms with Gasteiger partial charge in [0.2, 0.25) is 0 Å². The molecule has 0 unspecified atom stereocenters. The van der Waals surface area contributed by atoms with Gasteiger partial charge in [0, 0.05) is 36.6 Å². The summed E-state index contributed by atoms with van der Waals surface area (Å²) in [5, 5.41) is 4.56. The number of alkyl halides is 1. The van der Waals surface area contributed by atoms with Crippen LogP contribution in [-0.4, -0.2) is 17.0 Å². The minimum atomic E-state index is 0.628. The molecular formula is C11H13ClN2. The second-order valence-corrected chi connectivity index (χ2v) is 3.66. The van der Waals surface area contributed by atoms with E-state index in [-0.39, 0.29) is 0 Å². The Morgan fingerprint density at radius 3 is 2.93 bits per heavy atom. The fraction of sp³-hybridized carbons (Fsp3) is 0.273. The first kappa shape index (κ1) is 9.41. The molecule has 0 aliphatic heterocycles. The lowest BCUT2D eigenvalue weighted by Gasteiger charge is -2.00. The Morgan fingerprint density at radius 2 is 2.14 bits per heavy atom. The monoisotopic (exact) mass is 208 g/mol. The smallest absolute Gasteiger partial charge is 0.0600 e. The highest BCUT2D eigenvalue weighted by atomic mass is 35.5. The lowest BCUT2D eigenvalue weighted by Crippen LogP contribution is -2.01. The van der Waals surface area contributed by atoms with E-state index in [1.807, 2.05) is 19.2 Å². The normalized spacial score (nSPS) is 10.7. The summed E-state index contributed by atoms with van der Waals surface area (Å²) in [6.45, 7) is 0.801. The number of rotatable bonds is 3. The van der Waals surface area contributed by atoms with Gasteiger partial charge in [-0.3, -0.25) is 0 Å². The molecule has 1 aromatic heterocycles. The van der Waals surface area contributed by atoms with E-state index in [1.165, 1.54) is 10.9 Å². The van der Waals surface area contributed by atoms with E-state index in [0.29, 0.717) is 5.88 Å². The van der Waals surface area contributed by atoms with Crippen LogP contribution in [0.1, 0.15) is 0 Å². The summed E-state index contributed by atoms with van der Waals surface area (Å²) in [6.07, 6.45) is 2.09. The number of aromatic nitrogens is 1. The van der Waals surface area contributed by atoms with Gasteiger partial charge in [-0.05, 0) is 6.07 Å². The number of nitrogens with one attached hydrogen (secondary N) is 1. The molecule has 1 heterocycles. The maximum Gasteiger partial charge on any atom is 0.0600 e. The zero-order valence-corrected chi connectivity index (χ0v) is 8.88. The highest BCUT2D eigenvalue weighted by Crippen LogP contribution is 2.24. The van der Waals surface area contributed by atoms with E-state index in [2.05, 4.69) is 28.2 Å². The SMILES string of the molecule is Cn1cc(NCCCl)c2ccccc21. The van der Waals surface area contributed by atoms with Gasteiger partial charge in [-0.25, -0.2) is 0 Å². The van der Waals surface area contributed by atoms with Gasteiger partial charge in [-0.1, -0.05) is 18.2 Å². The largest absolute Gasteiger partial charge is 0.382 e. The second-order valence-electron chi connectivity index (χ2n) is 3.29. The highest BCUT2D eigenvalue weighted by molar-refractivity contribution is 6.18. The molecule has 3 heteroatoms. The molecular weight excluding hydrogens is 196 g/mol. The molecule has 0 aliphatic rings. The molecule has 2 rings (SSSR count). The minimum absolute atomic E-state index is 0.628. The van der Waals surface area contributed by atoms with E-state index < -0.39 is 0 Å². The Bertz CT molecular complexity index is 434. The number of halogens is 1. The number of aryl methyl sites for hydroxylation is 1. The summed E-state index contributed by atoms with van der Waals surface area (Å²) in [7, 11) is 2.05. The van der Waals surface area contributed by atoms with Crippen LogP contribution in [0.2, 0.25) is 0 Å². The van der Waals surface area contributed by atoms with Crippen LogP contribution >= 0.6 is 11.6 Å². The third kappa shape index (κ3) is 1.58. The third-order valence-electron chi connectivity index (χ3n) is 2.31. The van der Waals surface area contributed by atoms with Crippen molar-refractivity contribution in [3.05, 3.63) is 30.5 Å². The molecule has 1 aromatic carbocycles. The molecule has 0 amide bonds. The number of hydrogen-bond donors (Lipinski definition) is 1. The Hall–Kier alpha value is -1.15. The number of fused-ring (bicyclic) bond motifs is 1. The van der Waals surface area contributed by atoms with Crippen molar-refractivity contribution in [2.75, 3.05) is 17.7 Å². The van der Waals surface area contributed by atoms with E-state index in [4.69, 9.17) is 11.6 Å². The van der Waals surface area contributed by atoms with Crippen molar-refractivity contribution in [2.45, 2.75) is 0 Å². The molecule has 0 bridgehead atoms. The van der Waals surface area contributed by atoms with Crippen LogP contribution in [0.3, 0.4) is 0 Å². The molecule has 0 saturated heterocycles. The molecule has 0 radical (unpaired) electrons. The van der Waals surface area contributed by atoms with Crippen LogP contribution in [0, 0.1) is 0 Å². The molecule has 0 fully saturated rings. The summed E-state index contributed by atoms with van der Waals surface area (Å²) >= 11 is 5.64. The Morgan fingerprint density at radius 1 is 1.36 bits per heavy atom. The Kier molecular flexibility index (Phi) is 2.64. The molecule has 74 valence electrons. The van der Waals surface area contributed by atoms with Crippen LogP contribution in [0.15, 0.2) is 30.5 Å². The summed E-state index contributed by atoms with van der Waals surface area (Å²) in [5.41, 5.74) is 2.40. The molecule has 1 N–H and O–H groups in total. The van der Waals surface area contributed by atoms with Crippen LogP contribution < -0.4 is 5.32 Å². The van der Waals surface area contributed by atoms with Crippen molar-refractivity contribution in [2.24, 2.45) is 7.05 Å². The lowest BCUT2D eigenvalue weighted by molar-refractivity contribution is 0.968. The zero-order valence-electron chi connectivity index (χ0n) is 8.13. The van der Waals surface area contributed by atoms with Gasteiger partial charge in [-0.15, -0.1) is 11.6 Å². The lowest BCUT2D eigenvalue weighted by atomic mass is 10.2. The van der Waals surface area contributed by atoms with Gasteiger partial charge in [0.05, 0.1) is 5.69 Å². The first-order valence-electron chi connectivity index (χ1n) is 4.67. The van der Waals surface area contributed by atoms with Crippen LogP contribution in [0.4, 0.5) is 5.69 Å². The van der Waals surface area contributed by atoms with Gasteiger partial charge < -0.3 is 9.88 Å². The van der Waals surface area contributed by atoms with Crippen molar-refractivity contribution in [3.63, 3.8) is 0 Å². The van der Waals surface area contributed by atoms with Gasteiger partial charge in [-0.2, -0.15) is 0 Å². The Labute approximate surface area is 88.5 Å². The first-order valence-corrected chi connectivity index (χ1v) is 5.20. The molecule has 2 aromatic rings. The Balaban J connectivity index is 2.44. The highest BCUT2D eigenvalue weighted by Gasteiger charge is 2.03. The predicted molar refractivity (Wildman–Crippen MR) is 62.1 cm³/mol. The predicted octanol–water partition coefficient (Wildman–Crippen LogP) is 2.83. The van der Waals surface area contributed by atoms with Crippen LogP contribution in [0.5, 0.6) is 0 Å². The molecule has 2 nitrogen and oxygen atoms in total. The zero-order chi connectivity index (χ0) is 9.97. The second kappa shape index (κ2) is 3.93. The van der Waals surface area contributed by atoms with E-state index in [1.54, 1.807) is 0 Å². The molecule has 0 saturated carbocycles. The van der Waals surface area contributed by atoms with E-state index in [9.17, 15) is 0 Å².